The molecule has 1 aromatic heterocycles. The molecule has 7 nitrogen and oxygen atoms in total. The standard InChI is InChI=1S/C13H11NO6/c1-6-5-9(15)20-7-3-4-8(19-2)11(10(6)7)14-12(16)13(17)18/h3-5H,1-2H3,(H,14,16)(H,17,18). The molecule has 0 bridgehead atoms. The summed E-state index contributed by atoms with van der Waals surface area (Å²) in [4.78, 5) is 33.3. The number of carboxylic acid groups (broad SMARTS) is 1. The van der Waals surface area contributed by atoms with E-state index >= 15 is 0 Å². The summed E-state index contributed by atoms with van der Waals surface area (Å²) < 4.78 is 10.1. The summed E-state index contributed by atoms with van der Waals surface area (Å²) in [5.74, 6) is -2.57. The van der Waals surface area contributed by atoms with Crippen LogP contribution in [-0.4, -0.2) is 24.1 Å². The molecule has 7 heteroatoms. The number of rotatable bonds is 2. The minimum Gasteiger partial charge on any atom is -0.495 e. The van der Waals surface area contributed by atoms with Gasteiger partial charge >= 0.3 is 17.5 Å². The van der Waals surface area contributed by atoms with E-state index in [0.717, 1.165) is 0 Å². The molecule has 2 aromatic rings. The van der Waals surface area contributed by atoms with Crippen LogP contribution in [0.1, 0.15) is 5.56 Å². The van der Waals surface area contributed by atoms with Crippen molar-refractivity contribution in [2.45, 2.75) is 6.92 Å². The fourth-order valence-electron chi connectivity index (χ4n) is 1.89. The molecule has 0 saturated heterocycles. The van der Waals surface area contributed by atoms with Gasteiger partial charge in [0.1, 0.15) is 11.3 Å². The fourth-order valence-corrected chi connectivity index (χ4v) is 1.89. The maximum absolute atomic E-state index is 11.3. The van der Waals surface area contributed by atoms with Gasteiger partial charge in [-0.05, 0) is 24.6 Å². The quantitative estimate of drug-likeness (QED) is 0.629. The molecule has 0 unspecified atom stereocenters. The average molecular weight is 277 g/mol. The SMILES string of the molecule is COc1ccc2oc(=O)cc(C)c2c1NC(=O)C(=O)O. The molecule has 104 valence electrons. The Hall–Kier alpha value is -2.83. The number of anilines is 1. The van der Waals surface area contributed by atoms with E-state index < -0.39 is 17.5 Å². The monoisotopic (exact) mass is 277 g/mol. The molecule has 0 aliphatic heterocycles. The molecular weight excluding hydrogens is 266 g/mol. The molecule has 1 aromatic carbocycles. The molecule has 0 spiro atoms. The molecule has 0 radical (unpaired) electrons. The summed E-state index contributed by atoms with van der Waals surface area (Å²) in [6.45, 7) is 1.65. The van der Waals surface area contributed by atoms with Crippen LogP contribution in [0.2, 0.25) is 0 Å². The summed E-state index contributed by atoms with van der Waals surface area (Å²) in [5.41, 5.74) is 0.390. The lowest BCUT2D eigenvalue weighted by Crippen LogP contribution is -2.22. The molecule has 1 heterocycles. The second-order valence-electron chi connectivity index (χ2n) is 4.02. The number of hydrogen-bond acceptors (Lipinski definition) is 5. The minimum atomic E-state index is -1.63. The minimum absolute atomic E-state index is 0.152. The second kappa shape index (κ2) is 5.04. The predicted molar refractivity (Wildman–Crippen MR) is 70.0 cm³/mol. The summed E-state index contributed by atoms with van der Waals surface area (Å²) in [5, 5.41) is 11.3. The largest absolute Gasteiger partial charge is 0.495 e. The topological polar surface area (TPSA) is 106 Å². The van der Waals surface area contributed by atoms with Gasteiger partial charge in [-0.25, -0.2) is 9.59 Å². The van der Waals surface area contributed by atoms with Crippen LogP contribution >= 0.6 is 0 Å². The van der Waals surface area contributed by atoms with Crippen LogP contribution in [0, 0.1) is 6.92 Å². The van der Waals surface area contributed by atoms with Crippen LogP contribution in [0.5, 0.6) is 5.75 Å². The first-order valence-electron chi connectivity index (χ1n) is 5.59. The molecule has 1 amide bonds. The van der Waals surface area contributed by atoms with Crippen molar-refractivity contribution in [2.75, 3.05) is 12.4 Å². The highest BCUT2D eigenvalue weighted by Crippen LogP contribution is 2.34. The lowest BCUT2D eigenvalue weighted by Gasteiger charge is -2.12. The van der Waals surface area contributed by atoms with Crippen molar-refractivity contribution in [3.05, 3.63) is 34.2 Å². The Bertz CT molecular complexity index is 761. The summed E-state index contributed by atoms with van der Waals surface area (Å²) >= 11 is 0. The van der Waals surface area contributed by atoms with E-state index in [0.29, 0.717) is 10.9 Å². The molecule has 20 heavy (non-hydrogen) atoms. The van der Waals surface area contributed by atoms with E-state index in [1.54, 1.807) is 6.92 Å². The number of benzene rings is 1. The van der Waals surface area contributed by atoms with Crippen molar-refractivity contribution in [3.8, 4) is 5.75 Å². The molecule has 2 rings (SSSR count). The molecule has 0 saturated carbocycles. The number of hydrogen-bond donors (Lipinski definition) is 2. The van der Waals surface area contributed by atoms with Crippen molar-refractivity contribution in [3.63, 3.8) is 0 Å². The molecule has 0 atom stereocenters. The summed E-state index contributed by atoms with van der Waals surface area (Å²) in [6, 6.07) is 4.24. The smallest absolute Gasteiger partial charge is 0.394 e. The van der Waals surface area contributed by atoms with Gasteiger partial charge in [0.25, 0.3) is 0 Å². The molecule has 0 aliphatic carbocycles. The average Bonchev–Trinajstić information content (AvgIpc) is 2.37. The van der Waals surface area contributed by atoms with Crippen molar-refractivity contribution < 1.29 is 23.8 Å². The lowest BCUT2D eigenvalue weighted by molar-refractivity contribution is -0.147. The van der Waals surface area contributed by atoms with Gasteiger partial charge in [0, 0.05) is 11.5 Å². The van der Waals surface area contributed by atoms with Gasteiger partial charge in [0.05, 0.1) is 12.8 Å². The van der Waals surface area contributed by atoms with Crippen LogP contribution in [0.4, 0.5) is 5.69 Å². The Balaban J connectivity index is 2.74. The maximum atomic E-state index is 11.3. The van der Waals surface area contributed by atoms with Gasteiger partial charge < -0.3 is 19.6 Å². The molecule has 2 N–H and O–H groups in total. The van der Waals surface area contributed by atoms with Crippen molar-refractivity contribution >= 4 is 28.5 Å². The Morgan fingerprint density at radius 1 is 1.35 bits per heavy atom. The van der Waals surface area contributed by atoms with Crippen molar-refractivity contribution in [1.29, 1.82) is 0 Å². The first-order chi connectivity index (χ1) is 9.43. The van der Waals surface area contributed by atoms with Crippen LogP contribution in [-0.2, 0) is 9.59 Å². The number of amides is 1. The van der Waals surface area contributed by atoms with E-state index in [1.807, 2.05) is 0 Å². The Labute approximate surface area is 112 Å². The molecule has 0 aliphatic rings. The number of fused-ring (bicyclic) bond motifs is 1. The van der Waals surface area contributed by atoms with Gasteiger partial charge in [-0.2, -0.15) is 0 Å². The number of aryl methyl sites for hydroxylation is 1. The highest BCUT2D eigenvalue weighted by molar-refractivity contribution is 6.37. The molecular formula is C13H11NO6. The Kier molecular flexibility index (Phi) is 3.43. The normalized spacial score (nSPS) is 10.3. The zero-order chi connectivity index (χ0) is 14.9. The van der Waals surface area contributed by atoms with Crippen LogP contribution in [0.3, 0.4) is 0 Å². The number of carbonyl (C=O) groups excluding carboxylic acids is 1. The van der Waals surface area contributed by atoms with Gasteiger partial charge in [-0.15, -0.1) is 0 Å². The highest BCUT2D eigenvalue weighted by Gasteiger charge is 2.18. The third-order valence-electron chi connectivity index (χ3n) is 2.72. The Morgan fingerprint density at radius 2 is 2.05 bits per heavy atom. The maximum Gasteiger partial charge on any atom is 0.394 e. The van der Waals surface area contributed by atoms with E-state index in [2.05, 4.69) is 5.32 Å². The van der Waals surface area contributed by atoms with Gasteiger partial charge in [-0.3, -0.25) is 4.79 Å². The van der Waals surface area contributed by atoms with Crippen LogP contribution < -0.4 is 15.7 Å². The second-order valence-corrected chi connectivity index (χ2v) is 4.02. The zero-order valence-corrected chi connectivity index (χ0v) is 10.7. The van der Waals surface area contributed by atoms with Crippen LogP contribution in [0.25, 0.3) is 11.0 Å². The van der Waals surface area contributed by atoms with E-state index in [4.69, 9.17) is 14.3 Å². The highest BCUT2D eigenvalue weighted by atomic mass is 16.5. The van der Waals surface area contributed by atoms with Gasteiger partial charge in [0.15, 0.2) is 0 Å². The number of ether oxygens (including phenoxy) is 1. The summed E-state index contributed by atoms with van der Waals surface area (Å²) in [6.07, 6.45) is 0. The van der Waals surface area contributed by atoms with Gasteiger partial charge in [-0.1, -0.05) is 0 Å². The van der Waals surface area contributed by atoms with E-state index in [9.17, 15) is 14.4 Å². The number of carbonyl (C=O) groups is 2. The van der Waals surface area contributed by atoms with Gasteiger partial charge in [0.2, 0.25) is 0 Å². The molecule has 0 fully saturated rings. The zero-order valence-electron chi connectivity index (χ0n) is 10.7. The first kappa shape index (κ1) is 13.6. The number of aliphatic carboxylic acids is 1. The van der Waals surface area contributed by atoms with E-state index in [-0.39, 0.29) is 17.0 Å². The van der Waals surface area contributed by atoms with Crippen molar-refractivity contribution in [2.24, 2.45) is 0 Å². The number of nitrogens with one attached hydrogen (secondary N) is 1. The third-order valence-corrected chi connectivity index (χ3v) is 2.72. The van der Waals surface area contributed by atoms with Crippen LogP contribution in [0.15, 0.2) is 27.4 Å². The van der Waals surface area contributed by atoms with Crippen molar-refractivity contribution in [1.82, 2.24) is 0 Å². The third kappa shape index (κ3) is 2.33. The predicted octanol–water partition coefficient (Wildman–Crippen LogP) is 1.13. The Morgan fingerprint density at radius 3 is 2.65 bits per heavy atom. The fraction of sp³-hybridized carbons (Fsp3) is 0.154. The first-order valence-corrected chi connectivity index (χ1v) is 5.59. The lowest BCUT2D eigenvalue weighted by atomic mass is 10.1. The van der Waals surface area contributed by atoms with E-state index in [1.165, 1.54) is 25.3 Å². The number of methoxy groups -OCH3 is 1. The summed E-state index contributed by atoms with van der Waals surface area (Å²) in [7, 11) is 1.38. The number of carboxylic acids is 1.